The van der Waals surface area contributed by atoms with Crippen molar-refractivity contribution in [3.05, 3.63) is 59.3 Å². The number of ether oxygens (including phenoxy) is 2. The number of amides is 2. The van der Waals surface area contributed by atoms with Gasteiger partial charge in [0.2, 0.25) is 11.8 Å². The van der Waals surface area contributed by atoms with E-state index in [2.05, 4.69) is 11.1 Å². The molecule has 7 heteroatoms. The average Bonchev–Trinajstić information content (AvgIpc) is 3.19. The van der Waals surface area contributed by atoms with Gasteiger partial charge >= 0.3 is 0 Å². The smallest absolute Gasteiger partial charge is 0.246 e. The summed E-state index contributed by atoms with van der Waals surface area (Å²) >= 11 is 0. The zero-order valence-corrected chi connectivity index (χ0v) is 18.6. The lowest BCUT2D eigenvalue weighted by Crippen LogP contribution is -2.63. The third kappa shape index (κ3) is 3.03. The van der Waals surface area contributed by atoms with Gasteiger partial charge in [-0.05, 0) is 35.7 Å². The fraction of sp³-hybridized carbons (Fsp3) is 0.360. The molecule has 166 valence electrons. The van der Waals surface area contributed by atoms with Gasteiger partial charge < -0.3 is 24.3 Å². The molecule has 0 spiro atoms. The molecule has 0 saturated carbocycles. The van der Waals surface area contributed by atoms with Crippen molar-refractivity contribution in [3.8, 4) is 11.5 Å². The van der Waals surface area contributed by atoms with Gasteiger partial charge in [-0.3, -0.25) is 9.59 Å². The Hall–Kier alpha value is -3.48. The van der Waals surface area contributed by atoms with Crippen LogP contribution in [0.4, 0.5) is 0 Å². The number of carbonyl (C=O) groups excluding carboxylic acids is 2. The first-order chi connectivity index (χ1) is 15.6. The second kappa shape index (κ2) is 7.89. The predicted octanol–water partition coefficient (Wildman–Crippen LogP) is 3.28. The van der Waals surface area contributed by atoms with Crippen molar-refractivity contribution in [2.75, 3.05) is 27.3 Å². The number of nitrogens with zero attached hydrogens (tertiary/aromatic N) is 2. The summed E-state index contributed by atoms with van der Waals surface area (Å²) in [6.45, 7) is 2.73. The number of para-hydroxylation sites is 1. The monoisotopic (exact) mass is 433 g/mol. The van der Waals surface area contributed by atoms with Crippen LogP contribution in [0.25, 0.3) is 10.9 Å². The molecule has 1 aromatic heterocycles. The third-order valence-corrected chi connectivity index (χ3v) is 6.56. The van der Waals surface area contributed by atoms with Gasteiger partial charge in [-0.1, -0.05) is 31.2 Å². The molecule has 2 atom stereocenters. The molecule has 2 aliphatic rings. The third-order valence-electron chi connectivity index (χ3n) is 6.56. The first-order valence-corrected chi connectivity index (χ1v) is 11.0. The molecule has 3 heterocycles. The van der Waals surface area contributed by atoms with E-state index in [9.17, 15) is 9.59 Å². The van der Waals surface area contributed by atoms with Crippen molar-refractivity contribution in [2.45, 2.75) is 31.8 Å². The maximum absolute atomic E-state index is 13.4. The molecule has 2 amide bonds. The predicted molar refractivity (Wildman–Crippen MR) is 121 cm³/mol. The van der Waals surface area contributed by atoms with E-state index in [1.54, 1.807) is 24.0 Å². The van der Waals surface area contributed by atoms with E-state index in [1.807, 2.05) is 43.3 Å². The molecule has 1 N–H and O–H groups in total. The number of rotatable bonds is 5. The number of methoxy groups -OCH3 is 2. The summed E-state index contributed by atoms with van der Waals surface area (Å²) in [6.07, 6.45) is 1.33. The van der Waals surface area contributed by atoms with Crippen molar-refractivity contribution in [2.24, 2.45) is 0 Å². The topological polar surface area (TPSA) is 74.9 Å². The van der Waals surface area contributed by atoms with Crippen LogP contribution in [0.5, 0.6) is 11.5 Å². The van der Waals surface area contributed by atoms with E-state index in [0.717, 1.165) is 34.1 Å². The Kier molecular flexibility index (Phi) is 5.04. The van der Waals surface area contributed by atoms with E-state index in [1.165, 1.54) is 0 Å². The van der Waals surface area contributed by atoms with Crippen molar-refractivity contribution in [3.63, 3.8) is 0 Å². The van der Waals surface area contributed by atoms with Crippen LogP contribution in [0.2, 0.25) is 0 Å². The molecule has 2 aliphatic heterocycles. The second-order valence-electron chi connectivity index (χ2n) is 8.36. The maximum atomic E-state index is 13.4. The van der Waals surface area contributed by atoms with Crippen molar-refractivity contribution < 1.29 is 19.1 Å². The van der Waals surface area contributed by atoms with E-state index < -0.39 is 12.1 Å². The van der Waals surface area contributed by atoms with Gasteiger partial charge in [-0.25, -0.2) is 0 Å². The Morgan fingerprint density at radius 2 is 1.84 bits per heavy atom. The first kappa shape index (κ1) is 20.4. The zero-order chi connectivity index (χ0) is 22.4. The van der Waals surface area contributed by atoms with Crippen LogP contribution >= 0.6 is 0 Å². The fourth-order valence-corrected chi connectivity index (χ4v) is 5.15. The van der Waals surface area contributed by atoms with Crippen LogP contribution < -0.4 is 9.47 Å². The van der Waals surface area contributed by atoms with E-state index in [0.29, 0.717) is 24.5 Å². The first-order valence-electron chi connectivity index (χ1n) is 11.0. The zero-order valence-electron chi connectivity index (χ0n) is 18.6. The van der Waals surface area contributed by atoms with Crippen LogP contribution in [0.15, 0.2) is 42.5 Å². The normalized spacial score (nSPS) is 20.3. The van der Waals surface area contributed by atoms with Gasteiger partial charge in [0, 0.05) is 29.6 Å². The lowest BCUT2D eigenvalue weighted by Gasteiger charge is -2.47. The van der Waals surface area contributed by atoms with Crippen molar-refractivity contribution in [1.82, 2.24) is 14.8 Å². The molecule has 0 bridgehead atoms. The molecule has 2 aromatic carbocycles. The summed E-state index contributed by atoms with van der Waals surface area (Å²) in [5, 5.41) is 1.10. The molecule has 0 radical (unpaired) electrons. The standard InChI is InChI=1S/C25H27N3O4/c1-4-11-27-14-22(29)28-19(25(27)30)13-17-16-7-5-6-8-18(16)26-23(17)24(28)15-9-10-20(31-2)21(12-15)32-3/h5-10,12,19,24,26H,4,11,13-14H2,1-3H3/t19-,24+/m0/s1. The maximum Gasteiger partial charge on any atom is 0.246 e. The van der Waals surface area contributed by atoms with Gasteiger partial charge in [0.1, 0.15) is 6.04 Å². The van der Waals surface area contributed by atoms with E-state index in [-0.39, 0.29) is 18.4 Å². The highest BCUT2D eigenvalue weighted by molar-refractivity contribution is 5.97. The number of H-pyrrole nitrogens is 1. The number of hydrogen-bond acceptors (Lipinski definition) is 4. The minimum Gasteiger partial charge on any atom is -0.493 e. The highest BCUT2D eigenvalue weighted by Gasteiger charge is 2.48. The van der Waals surface area contributed by atoms with Crippen molar-refractivity contribution >= 4 is 22.7 Å². The lowest BCUT2D eigenvalue weighted by molar-refractivity contribution is -0.158. The van der Waals surface area contributed by atoms with Crippen LogP contribution in [-0.2, 0) is 16.0 Å². The molecule has 7 nitrogen and oxygen atoms in total. The molecule has 3 aromatic rings. The van der Waals surface area contributed by atoms with Crippen LogP contribution in [0, 0.1) is 0 Å². The van der Waals surface area contributed by atoms with Gasteiger partial charge in [0.15, 0.2) is 11.5 Å². The minimum atomic E-state index is -0.521. The Morgan fingerprint density at radius 1 is 1.06 bits per heavy atom. The molecule has 0 aliphatic carbocycles. The SMILES string of the molecule is CCCN1CC(=O)N2[C@H](c3ccc(OC)c(OC)c3)c3[nH]c4ccccc4c3C[C@H]2C1=O. The highest BCUT2D eigenvalue weighted by atomic mass is 16.5. The minimum absolute atomic E-state index is 0.0212. The number of carbonyl (C=O) groups is 2. The number of aromatic amines is 1. The van der Waals surface area contributed by atoms with Crippen LogP contribution in [0.3, 0.4) is 0 Å². The van der Waals surface area contributed by atoms with Gasteiger partial charge in [0.25, 0.3) is 0 Å². The largest absolute Gasteiger partial charge is 0.493 e. The number of benzene rings is 2. The summed E-state index contributed by atoms with van der Waals surface area (Å²) in [5.74, 6) is 1.20. The number of aromatic nitrogens is 1. The Labute approximate surface area is 186 Å². The summed E-state index contributed by atoms with van der Waals surface area (Å²) in [6, 6.07) is 12.9. The molecule has 1 saturated heterocycles. The van der Waals surface area contributed by atoms with Crippen LogP contribution in [0.1, 0.15) is 36.2 Å². The number of piperazine rings is 1. The summed E-state index contributed by atoms with van der Waals surface area (Å²) in [5.41, 5.74) is 3.94. The van der Waals surface area contributed by atoms with E-state index >= 15 is 0 Å². The Morgan fingerprint density at radius 3 is 2.59 bits per heavy atom. The quantitative estimate of drug-likeness (QED) is 0.670. The molecular formula is C25H27N3O4. The van der Waals surface area contributed by atoms with Gasteiger partial charge in [-0.15, -0.1) is 0 Å². The van der Waals surface area contributed by atoms with Gasteiger partial charge in [0.05, 0.1) is 26.8 Å². The molecule has 1 fully saturated rings. The highest BCUT2D eigenvalue weighted by Crippen LogP contribution is 2.44. The number of fused-ring (bicyclic) bond motifs is 4. The number of hydrogen-bond donors (Lipinski definition) is 1. The fourth-order valence-electron chi connectivity index (χ4n) is 5.15. The van der Waals surface area contributed by atoms with E-state index in [4.69, 9.17) is 9.47 Å². The average molecular weight is 434 g/mol. The molecular weight excluding hydrogens is 406 g/mol. The van der Waals surface area contributed by atoms with Crippen molar-refractivity contribution in [1.29, 1.82) is 0 Å². The van der Waals surface area contributed by atoms with Crippen LogP contribution in [-0.4, -0.2) is 59.9 Å². The molecule has 32 heavy (non-hydrogen) atoms. The molecule has 5 rings (SSSR count). The molecule has 0 unspecified atom stereocenters. The Balaban J connectivity index is 1.71. The lowest BCUT2D eigenvalue weighted by atomic mass is 9.86. The second-order valence-corrected chi connectivity index (χ2v) is 8.36. The van der Waals surface area contributed by atoms with Gasteiger partial charge in [-0.2, -0.15) is 0 Å². The summed E-state index contributed by atoms with van der Waals surface area (Å²) in [7, 11) is 3.19. The summed E-state index contributed by atoms with van der Waals surface area (Å²) in [4.78, 5) is 33.9. The number of nitrogens with one attached hydrogen (secondary N) is 1. The summed E-state index contributed by atoms with van der Waals surface area (Å²) < 4.78 is 10.9. The Bertz CT molecular complexity index is 1200.